The number of rotatable bonds is 2. The summed E-state index contributed by atoms with van der Waals surface area (Å²) in [4.78, 5) is 3.23. The van der Waals surface area contributed by atoms with Crippen molar-refractivity contribution in [1.82, 2.24) is 4.98 Å². The zero-order valence-electron chi connectivity index (χ0n) is 10.9. The van der Waals surface area contributed by atoms with Crippen LogP contribution >= 0.6 is 0 Å². The summed E-state index contributed by atoms with van der Waals surface area (Å²) in [6.07, 6.45) is 7.34. The number of aliphatic hydroxyl groups is 1. The van der Waals surface area contributed by atoms with Crippen molar-refractivity contribution in [1.29, 1.82) is 0 Å². The Labute approximate surface area is 108 Å². The minimum absolute atomic E-state index is 0.624. The molecular weight excluding hydrogens is 222 g/mol. The van der Waals surface area contributed by atoms with E-state index in [9.17, 15) is 5.11 Å². The molecule has 1 aliphatic carbocycles. The number of fused-ring (bicyclic) bond motifs is 1. The molecule has 0 aliphatic heterocycles. The fourth-order valence-electron chi connectivity index (χ4n) is 3.45. The number of hydrogen-bond acceptors (Lipinski definition) is 1. The van der Waals surface area contributed by atoms with Crippen LogP contribution in [0.1, 0.15) is 44.6 Å². The molecule has 0 radical (unpaired) electrons. The van der Waals surface area contributed by atoms with E-state index in [-0.39, 0.29) is 0 Å². The van der Waals surface area contributed by atoms with Crippen molar-refractivity contribution in [3.05, 3.63) is 36.0 Å². The molecule has 2 atom stereocenters. The largest absolute Gasteiger partial charge is 0.385 e. The summed E-state index contributed by atoms with van der Waals surface area (Å²) in [5.74, 6) is 0.665. The van der Waals surface area contributed by atoms with Crippen molar-refractivity contribution in [3.63, 3.8) is 0 Å². The van der Waals surface area contributed by atoms with E-state index in [0.717, 1.165) is 30.3 Å². The molecular formula is C16H21NO. The highest BCUT2D eigenvalue weighted by molar-refractivity contribution is 5.83. The maximum absolute atomic E-state index is 11.0. The van der Waals surface area contributed by atoms with E-state index >= 15 is 0 Å². The van der Waals surface area contributed by atoms with E-state index in [1.165, 1.54) is 18.2 Å². The zero-order valence-corrected chi connectivity index (χ0v) is 10.9. The third kappa shape index (κ3) is 1.85. The van der Waals surface area contributed by atoms with Crippen LogP contribution in [0, 0.1) is 5.92 Å². The molecule has 2 N–H and O–H groups in total. The van der Waals surface area contributed by atoms with E-state index in [2.05, 4.69) is 30.1 Å². The molecule has 2 nitrogen and oxygen atoms in total. The lowest BCUT2D eigenvalue weighted by Crippen LogP contribution is -2.32. The Bertz CT molecular complexity index is 545. The fraction of sp³-hybridized carbons (Fsp3) is 0.500. The standard InChI is InChI=1S/C16H21NO/c1-2-12-5-4-9-16(18,11-12)14-6-3-7-15-13(14)8-10-17-15/h3,6-8,10,12,17-18H,2,4-5,9,11H2,1H3. The summed E-state index contributed by atoms with van der Waals surface area (Å²) in [7, 11) is 0. The summed E-state index contributed by atoms with van der Waals surface area (Å²) >= 11 is 0. The van der Waals surface area contributed by atoms with Gasteiger partial charge in [0.25, 0.3) is 0 Å². The molecule has 2 aromatic rings. The lowest BCUT2D eigenvalue weighted by molar-refractivity contribution is -0.0204. The minimum Gasteiger partial charge on any atom is -0.385 e. The van der Waals surface area contributed by atoms with E-state index in [4.69, 9.17) is 0 Å². The number of hydrogen-bond donors (Lipinski definition) is 2. The van der Waals surface area contributed by atoms with Gasteiger partial charge in [0.2, 0.25) is 0 Å². The summed E-state index contributed by atoms with van der Waals surface area (Å²) < 4.78 is 0. The van der Waals surface area contributed by atoms with Crippen LogP contribution in [0.4, 0.5) is 0 Å². The summed E-state index contributed by atoms with van der Waals surface area (Å²) in [6, 6.07) is 8.29. The van der Waals surface area contributed by atoms with Gasteiger partial charge in [-0.2, -0.15) is 0 Å². The monoisotopic (exact) mass is 243 g/mol. The third-order valence-corrected chi connectivity index (χ3v) is 4.50. The first-order valence-corrected chi connectivity index (χ1v) is 7.02. The lowest BCUT2D eigenvalue weighted by Gasteiger charge is -2.37. The molecule has 1 fully saturated rings. The maximum Gasteiger partial charge on any atom is 0.0905 e. The Morgan fingerprint density at radius 1 is 1.39 bits per heavy atom. The molecule has 1 heterocycles. The number of nitrogens with one attached hydrogen (secondary N) is 1. The highest BCUT2D eigenvalue weighted by Crippen LogP contribution is 2.43. The lowest BCUT2D eigenvalue weighted by atomic mass is 9.73. The highest BCUT2D eigenvalue weighted by Gasteiger charge is 2.36. The summed E-state index contributed by atoms with van der Waals surface area (Å²) in [6.45, 7) is 2.23. The average Bonchev–Trinajstić information content (AvgIpc) is 2.86. The molecule has 0 saturated heterocycles. The number of benzene rings is 1. The van der Waals surface area contributed by atoms with Crippen LogP contribution in [0.2, 0.25) is 0 Å². The Kier molecular flexibility index (Phi) is 2.90. The maximum atomic E-state index is 11.0. The van der Waals surface area contributed by atoms with Crippen molar-refractivity contribution in [2.24, 2.45) is 5.92 Å². The van der Waals surface area contributed by atoms with Crippen LogP contribution in [0.5, 0.6) is 0 Å². The Balaban J connectivity index is 2.04. The summed E-state index contributed by atoms with van der Waals surface area (Å²) in [5.41, 5.74) is 1.61. The minimum atomic E-state index is -0.624. The molecule has 3 rings (SSSR count). The van der Waals surface area contributed by atoms with E-state index in [0.29, 0.717) is 5.92 Å². The molecule has 1 aliphatic rings. The van der Waals surface area contributed by atoms with Gasteiger partial charge >= 0.3 is 0 Å². The first-order valence-electron chi connectivity index (χ1n) is 7.02. The first-order chi connectivity index (χ1) is 8.73. The molecule has 1 aromatic heterocycles. The van der Waals surface area contributed by atoms with Gasteiger partial charge in [-0.05, 0) is 42.9 Å². The van der Waals surface area contributed by atoms with Crippen molar-refractivity contribution in [2.45, 2.75) is 44.6 Å². The second-order valence-electron chi connectivity index (χ2n) is 5.65. The van der Waals surface area contributed by atoms with Crippen molar-refractivity contribution in [3.8, 4) is 0 Å². The SMILES string of the molecule is CCC1CCCC(O)(c2cccc3[nH]ccc23)C1. The Hall–Kier alpha value is -1.28. The fourth-order valence-corrected chi connectivity index (χ4v) is 3.45. The van der Waals surface area contributed by atoms with Gasteiger partial charge in [-0.1, -0.05) is 31.9 Å². The van der Waals surface area contributed by atoms with Gasteiger partial charge in [-0.25, -0.2) is 0 Å². The first kappa shape index (κ1) is 11.8. The smallest absolute Gasteiger partial charge is 0.0905 e. The Morgan fingerprint density at radius 2 is 2.28 bits per heavy atom. The molecule has 2 heteroatoms. The van der Waals surface area contributed by atoms with Gasteiger partial charge in [-0.3, -0.25) is 0 Å². The van der Waals surface area contributed by atoms with Crippen LogP contribution in [0.25, 0.3) is 10.9 Å². The van der Waals surface area contributed by atoms with Gasteiger partial charge in [0.15, 0.2) is 0 Å². The molecule has 96 valence electrons. The number of H-pyrrole nitrogens is 1. The predicted octanol–water partition coefficient (Wildman–Crippen LogP) is 3.96. The van der Waals surface area contributed by atoms with Crippen molar-refractivity contribution >= 4 is 10.9 Å². The van der Waals surface area contributed by atoms with Gasteiger partial charge in [-0.15, -0.1) is 0 Å². The highest BCUT2D eigenvalue weighted by atomic mass is 16.3. The quantitative estimate of drug-likeness (QED) is 0.823. The van der Waals surface area contributed by atoms with Gasteiger partial charge in [0.05, 0.1) is 5.60 Å². The second kappa shape index (κ2) is 4.43. The van der Waals surface area contributed by atoms with Gasteiger partial charge in [0.1, 0.15) is 0 Å². The second-order valence-corrected chi connectivity index (χ2v) is 5.65. The molecule has 0 bridgehead atoms. The number of aromatic amines is 1. The summed E-state index contributed by atoms with van der Waals surface area (Å²) in [5, 5.41) is 12.2. The molecule has 0 amide bonds. The Morgan fingerprint density at radius 3 is 3.11 bits per heavy atom. The third-order valence-electron chi connectivity index (χ3n) is 4.50. The van der Waals surface area contributed by atoms with Crippen LogP contribution in [0.15, 0.2) is 30.5 Å². The topological polar surface area (TPSA) is 36.0 Å². The normalized spacial score (nSPS) is 28.7. The molecule has 2 unspecified atom stereocenters. The van der Waals surface area contributed by atoms with E-state index in [1.54, 1.807) is 0 Å². The molecule has 0 spiro atoms. The van der Waals surface area contributed by atoms with E-state index < -0.39 is 5.60 Å². The van der Waals surface area contributed by atoms with Crippen LogP contribution in [-0.4, -0.2) is 10.1 Å². The van der Waals surface area contributed by atoms with Crippen molar-refractivity contribution < 1.29 is 5.11 Å². The van der Waals surface area contributed by atoms with Crippen LogP contribution < -0.4 is 0 Å². The van der Waals surface area contributed by atoms with Crippen molar-refractivity contribution in [2.75, 3.05) is 0 Å². The van der Waals surface area contributed by atoms with Crippen LogP contribution in [0.3, 0.4) is 0 Å². The molecule has 1 saturated carbocycles. The van der Waals surface area contributed by atoms with Gasteiger partial charge < -0.3 is 10.1 Å². The molecule has 1 aromatic carbocycles. The van der Waals surface area contributed by atoms with Gasteiger partial charge in [0, 0.05) is 17.1 Å². The van der Waals surface area contributed by atoms with E-state index in [1.807, 2.05) is 12.3 Å². The number of aromatic nitrogens is 1. The zero-order chi connectivity index (χ0) is 12.6. The predicted molar refractivity (Wildman–Crippen MR) is 74.4 cm³/mol. The molecule has 18 heavy (non-hydrogen) atoms. The van der Waals surface area contributed by atoms with Crippen LogP contribution in [-0.2, 0) is 5.60 Å². The average molecular weight is 243 g/mol.